The second-order valence-corrected chi connectivity index (χ2v) is 2.52. The first-order valence-electron chi connectivity index (χ1n) is 3.03. The minimum Gasteiger partial charge on any atom is -0.327 e. The van der Waals surface area contributed by atoms with Crippen LogP contribution >= 0.6 is 11.6 Å². The third-order valence-electron chi connectivity index (χ3n) is 1.23. The van der Waals surface area contributed by atoms with Crippen LogP contribution in [-0.4, -0.2) is 16.7 Å². The molecule has 1 rings (SSSR count). The molecule has 0 aliphatic heterocycles. The highest BCUT2D eigenvalue weighted by molar-refractivity contribution is 6.28. The Labute approximate surface area is 69.8 Å². The third-order valence-corrected chi connectivity index (χ3v) is 1.41. The molecule has 0 saturated carbocycles. The average molecular weight is 170 g/mol. The van der Waals surface area contributed by atoms with Crippen LogP contribution in [0, 0.1) is 0 Å². The van der Waals surface area contributed by atoms with Gasteiger partial charge in [-0.1, -0.05) is 6.58 Å². The summed E-state index contributed by atoms with van der Waals surface area (Å²) >= 11 is 5.59. The normalized spacial score (nSPS) is 9.64. The quantitative estimate of drug-likeness (QED) is 0.679. The number of nitrogens with zero attached hydrogens (tertiary/aromatic N) is 2. The summed E-state index contributed by atoms with van der Waals surface area (Å²) in [6.45, 7) is 8.93. The van der Waals surface area contributed by atoms with Gasteiger partial charge in [-0.15, -0.1) is 0 Å². The molecule has 0 bridgehead atoms. The SMILES string of the molecule is C=Nc1nc(Cl)[nH]c1C(=C)C. The van der Waals surface area contributed by atoms with Gasteiger partial charge >= 0.3 is 0 Å². The first-order valence-corrected chi connectivity index (χ1v) is 3.41. The van der Waals surface area contributed by atoms with Crippen molar-refractivity contribution >= 4 is 29.7 Å². The highest BCUT2D eigenvalue weighted by atomic mass is 35.5. The maximum absolute atomic E-state index is 5.59. The van der Waals surface area contributed by atoms with E-state index < -0.39 is 0 Å². The summed E-state index contributed by atoms with van der Waals surface area (Å²) in [5.74, 6) is 0.502. The summed E-state index contributed by atoms with van der Waals surface area (Å²) < 4.78 is 0. The van der Waals surface area contributed by atoms with E-state index in [9.17, 15) is 0 Å². The Morgan fingerprint density at radius 3 is 2.73 bits per heavy atom. The largest absolute Gasteiger partial charge is 0.327 e. The molecule has 11 heavy (non-hydrogen) atoms. The summed E-state index contributed by atoms with van der Waals surface area (Å²) in [4.78, 5) is 10.4. The fourth-order valence-corrected chi connectivity index (χ4v) is 0.922. The molecule has 0 amide bonds. The highest BCUT2D eigenvalue weighted by Gasteiger charge is 2.06. The van der Waals surface area contributed by atoms with Crippen molar-refractivity contribution in [2.75, 3.05) is 0 Å². The molecule has 0 fully saturated rings. The van der Waals surface area contributed by atoms with Crippen LogP contribution in [0.3, 0.4) is 0 Å². The lowest BCUT2D eigenvalue weighted by Gasteiger charge is -1.92. The number of nitrogens with one attached hydrogen (secondary N) is 1. The number of allylic oxidation sites excluding steroid dienone is 1. The Morgan fingerprint density at radius 2 is 2.36 bits per heavy atom. The maximum Gasteiger partial charge on any atom is 0.202 e. The zero-order valence-corrected chi connectivity index (χ0v) is 6.94. The van der Waals surface area contributed by atoms with Crippen LogP contribution < -0.4 is 0 Å². The van der Waals surface area contributed by atoms with E-state index in [0.29, 0.717) is 11.1 Å². The van der Waals surface area contributed by atoms with Gasteiger partial charge in [0.25, 0.3) is 0 Å². The number of hydrogen-bond donors (Lipinski definition) is 1. The van der Waals surface area contributed by atoms with E-state index in [4.69, 9.17) is 11.6 Å². The Bertz CT molecular complexity index is 301. The Kier molecular flexibility index (Phi) is 2.10. The van der Waals surface area contributed by atoms with Crippen LogP contribution in [0.25, 0.3) is 5.57 Å². The van der Waals surface area contributed by atoms with Gasteiger partial charge in [0.1, 0.15) is 0 Å². The zero-order valence-electron chi connectivity index (χ0n) is 6.19. The van der Waals surface area contributed by atoms with E-state index in [1.165, 1.54) is 0 Å². The highest BCUT2D eigenvalue weighted by Crippen LogP contribution is 2.23. The van der Waals surface area contributed by atoms with Crippen LogP contribution in [0.15, 0.2) is 11.6 Å². The lowest BCUT2D eigenvalue weighted by atomic mass is 10.2. The van der Waals surface area contributed by atoms with Gasteiger partial charge in [0.2, 0.25) is 5.28 Å². The van der Waals surface area contributed by atoms with Crippen molar-refractivity contribution < 1.29 is 0 Å². The van der Waals surface area contributed by atoms with Gasteiger partial charge in [-0.2, -0.15) is 4.98 Å². The lowest BCUT2D eigenvalue weighted by molar-refractivity contribution is 1.29. The van der Waals surface area contributed by atoms with E-state index in [1.807, 2.05) is 6.92 Å². The van der Waals surface area contributed by atoms with E-state index >= 15 is 0 Å². The minimum atomic E-state index is 0.311. The van der Waals surface area contributed by atoms with Gasteiger partial charge in [-0.3, -0.25) is 0 Å². The number of H-pyrrole nitrogens is 1. The molecular weight excluding hydrogens is 162 g/mol. The Balaban J connectivity index is 3.22. The average Bonchev–Trinajstić information content (AvgIpc) is 2.30. The predicted molar refractivity (Wildman–Crippen MR) is 47.5 cm³/mol. The van der Waals surface area contributed by atoms with Gasteiger partial charge in [-0.25, -0.2) is 4.99 Å². The van der Waals surface area contributed by atoms with Crippen molar-refractivity contribution in [3.8, 4) is 0 Å². The molecule has 58 valence electrons. The number of imidazole rings is 1. The van der Waals surface area contributed by atoms with Crippen LogP contribution in [-0.2, 0) is 0 Å². The van der Waals surface area contributed by atoms with Gasteiger partial charge < -0.3 is 4.98 Å². The topological polar surface area (TPSA) is 41.0 Å². The molecule has 0 spiro atoms. The van der Waals surface area contributed by atoms with Crippen molar-refractivity contribution in [1.29, 1.82) is 0 Å². The number of hydrogen-bond acceptors (Lipinski definition) is 2. The smallest absolute Gasteiger partial charge is 0.202 e. The van der Waals surface area contributed by atoms with Gasteiger partial charge in [0, 0.05) is 0 Å². The van der Waals surface area contributed by atoms with Crippen molar-refractivity contribution in [2.24, 2.45) is 4.99 Å². The van der Waals surface area contributed by atoms with E-state index in [-0.39, 0.29) is 0 Å². The first kappa shape index (κ1) is 8.01. The third kappa shape index (κ3) is 1.49. The Hall–Kier alpha value is -1.09. The molecular formula is C7H8ClN3. The van der Waals surface area contributed by atoms with Crippen LogP contribution in [0.1, 0.15) is 12.6 Å². The molecule has 0 aliphatic rings. The lowest BCUT2D eigenvalue weighted by Crippen LogP contribution is -1.76. The van der Waals surface area contributed by atoms with Crippen molar-refractivity contribution in [3.05, 3.63) is 17.6 Å². The first-order chi connectivity index (χ1) is 5.15. The fourth-order valence-electron chi connectivity index (χ4n) is 0.748. The molecule has 0 aliphatic carbocycles. The van der Waals surface area contributed by atoms with Crippen molar-refractivity contribution in [1.82, 2.24) is 9.97 Å². The number of aromatic nitrogens is 2. The van der Waals surface area contributed by atoms with E-state index in [0.717, 1.165) is 11.3 Å². The van der Waals surface area contributed by atoms with Gasteiger partial charge in [-0.05, 0) is 30.8 Å². The van der Waals surface area contributed by atoms with E-state index in [2.05, 4.69) is 28.3 Å². The van der Waals surface area contributed by atoms with Gasteiger partial charge in [0.15, 0.2) is 5.82 Å². The second-order valence-electron chi connectivity index (χ2n) is 2.16. The van der Waals surface area contributed by atoms with Crippen LogP contribution in [0.2, 0.25) is 5.28 Å². The number of aliphatic imine (C=N–C) groups is 1. The summed E-state index contributed by atoms with van der Waals surface area (Å²) in [6.07, 6.45) is 0. The molecule has 1 heterocycles. The molecule has 0 saturated heterocycles. The molecule has 4 heteroatoms. The van der Waals surface area contributed by atoms with Gasteiger partial charge in [0.05, 0.1) is 5.69 Å². The molecule has 3 nitrogen and oxygen atoms in total. The molecule has 0 atom stereocenters. The molecule has 0 aromatic carbocycles. The fraction of sp³-hybridized carbons (Fsp3) is 0.143. The van der Waals surface area contributed by atoms with E-state index in [1.54, 1.807) is 0 Å². The molecule has 1 aromatic rings. The van der Waals surface area contributed by atoms with Crippen molar-refractivity contribution in [2.45, 2.75) is 6.92 Å². The van der Waals surface area contributed by atoms with Crippen LogP contribution in [0.5, 0.6) is 0 Å². The maximum atomic E-state index is 5.59. The standard InChI is InChI=1S/C7H8ClN3/c1-4(2)5-6(9-3)11-7(8)10-5/h1,3H2,2H3,(H,10,11). The molecule has 0 unspecified atom stereocenters. The summed E-state index contributed by atoms with van der Waals surface area (Å²) in [5.41, 5.74) is 1.58. The molecule has 1 aromatic heterocycles. The van der Waals surface area contributed by atoms with Crippen molar-refractivity contribution in [3.63, 3.8) is 0 Å². The number of halogens is 1. The monoisotopic (exact) mass is 169 g/mol. The molecule has 1 N–H and O–H groups in total. The Morgan fingerprint density at radius 1 is 1.73 bits per heavy atom. The minimum absolute atomic E-state index is 0.311. The summed E-state index contributed by atoms with van der Waals surface area (Å²) in [7, 11) is 0. The zero-order chi connectivity index (χ0) is 8.43. The second kappa shape index (κ2) is 2.88. The van der Waals surface area contributed by atoms with Crippen LogP contribution in [0.4, 0.5) is 5.82 Å². The molecule has 0 radical (unpaired) electrons. The summed E-state index contributed by atoms with van der Waals surface area (Å²) in [5, 5.41) is 0.311. The number of rotatable bonds is 2. The predicted octanol–water partition coefficient (Wildman–Crippen LogP) is 2.43. The summed E-state index contributed by atoms with van der Waals surface area (Å²) in [6, 6.07) is 0. The number of aromatic amines is 1.